The van der Waals surface area contributed by atoms with Crippen LogP contribution in [0.4, 0.5) is 15.6 Å². The Morgan fingerprint density at radius 3 is 2.09 bits per heavy atom. The second-order valence-electron chi connectivity index (χ2n) is 10.1. The van der Waals surface area contributed by atoms with Crippen LogP contribution in [0.2, 0.25) is 0 Å². The van der Waals surface area contributed by atoms with Crippen molar-refractivity contribution in [2.45, 2.75) is 31.2 Å². The standard InChI is InChI=1S/C32H32N6O3S2/c1-43(40,41)38-26-17-15-25(16-18-26)30-35-32(42-37-30)36-31(39)34-28(22-27-14-8-9-21-33-27)19-20-29(23-10-4-2-5-11-23)24-12-6-3-7-13-24/h2-18,21,28-29,38H,19-20,22H2,1H3,(H2,34,35,36,37,39). The van der Waals surface area contributed by atoms with Gasteiger partial charge in [0.05, 0.1) is 6.26 Å². The van der Waals surface area contributed by atoms with E-state index >= 15 is 0 Å². The van der Waals surface area contributed by atoms with Gasteiger partial charge >= 0.3 is 6.03 Å². The molecule has 0 radical (unpaired) electrons. The number of pyridine rings is 1. The van der Waals surface area contributed by atoms with E-state index < -0.39 is 10.0 Å². The molecule has 43 heavy (non-hydrogen) atoms. The molecule has 0 saturated carbocycles. The summed E-state index contributed by atoms with van der Waals surface area (Å²) in [6.07, 6.45) is 5.00. The number of carbonyl (C=O) groups is 1. The van der Waals surface area contributed by atoms with Crippen LogP contribution in [0, 0.1) is 0 Å². The summed E-state index contributed by atoms with van der Waals surface area (Å²) in [5, 5.41) is 6.31. The fraction of sp³-hybridized carbons (Fsp3) is 0.188. The smallest absolute Gasteiger partial charge is 0.321 e. The summed E-state index contributed by atoms with van der Waals surface area (Å²) in [6.45, 7) is 0. The number of sulfonamides is 1. The molecular weight excluding hydrogens is 581 g/mol. The highest BCUT2D eigenvalue weighted by Crippen LogP contribution is 2.30. The molecule has 5 rings (SSSR count). The van der Waals surface area contributed by atoms with Crippen LogP contribution in [-0.4, -0.2) is 41.1 Å². The largest absolute Gasteiger partial charge is 0.335 e. The third kappa shape index (κ3) is 8.94. The van der Waals surface area contributed by atoms with Crippen molar-refractivity contribution in [3.05, 3.63) is 126 Å². The monoisotopic (exact) mass is 612 g/mol. The average molecular weight is 613 g/mol. The molecule has 1 atom stereocenters. The van der Waals surface area contributed by atoms with Crippen molar-refractivity contribution < 1.29 is 13.2 Å². The van der Waals surface area contributed by atoms with Crippen LogP contribution in [0.1, 0.15) is 35.6 Å². The van der Waals surface area contributed by atoms with Gasteiger partial charge in [-0.1, -0.05) is 66.7 Å². The minimum atomic E-state index is -3.37. The van der Waals surface area contributed by atoms with Crippen molar-refractivity contribution >= 4 is 38.4 Å². The lowest BCUT2D eigenvalue weighted by molar-refractivity contribution is 0.247. The first kappa shape index (κ1) is 29.9. The van der Waals surface area contributed by atoms with Crippen LogP contribution >= 0.6 is 11.5 Å². The molecule has 0 spiro atoms. The molecule has 0 fully saturated rings. The number of rotatable bonds is 12. The van der Waals surface area contributed by atoms with Crippen LogP contribution in [-0.2, 0) is 16.4 Å². The van der Waals surface area contributed by atoms with Crippen molar-refractivity contribution in [3.8, 4) is 11.4 Å². The zero-order valence-electron chi connectivity index (χ0n) is 23.6. The average Bonchev–Trinajstić information content (AvgIpc) is 3.46. The Kier molecular flexibility index (Phi) is 9.75. The van der Waals surface area contributed by atoms with Gasteiger partial charge in [-0.25, -0.2) is 13.2 Å². The van der Waals surface area contributed by atoms with Crippen LogP contribution in [0.15, 0.2) is 109 Å². The normalized spacial score (nSPS) is 12.0. The number of amides is 2. The lowest BCUT2D eigenvalue weighted by Crippen LogP contribution is -2.39. The number of urea groups is 1. The van der Waals surface area contributed by atoms with Gasteiger partial charge in [-0.15, -0.1) is 0 Å². The molecule has 5 aromatic rings. The first-order valence-electron chi connectivity index (χ1n) is 13.8. The molecule has 0 bridgehead atoms. The maximum atomic E-state index is 13.2. The summed E-state index contributed by atoms with van der Waals surface area (Å²) in [6, 6.07) is 32.8. The van der Waals surface area contributed by atoms with E-state index in [1.165, 1.54) is 11.1 Å². The molecule has 0 aliphatic rings. The fourth-order valence-electron chi connectivity index (χ4n) is 4.87. The Labute approximate surface area is 255 Å². The zero-order valence-corrected chi connectivity index (χ0v) is 25.2. The molecular formula is C32H32N6O3S2. The highest BCUT2D eigenvalue weighted by Gasteiger charge is 2.20. The van der Waals surface area contributed by atoms with E-state index in [0.717, 1.165) is 36.3 Å². The quantitative estimate of drug-likeness (QED) is 0.151. The fourth-order valence-corrected chi connectivity index (χ4v) is 6.02. The van der Waals surface area contributed by atoms with Crippen LogP contribution < -0.4 is 15.4 Å². The maximum Gasteiger partial charge on any atom is 0.321 e. The van der Waals surface area contributed by atoms with Crippen molar-refractivity contribution in [1.29, 1.82) is 0 Å². The summed E-state index contributed by atoms with van der Waals surface area (Å²) in [5.41, 5.74) is 4.51. The van der Waals surface area contributed by atoms with E-state index in [4.69, 9.17) is 0 Å². The van der Waals surface area contributed by atoms with Gasteiger partial charge in [0, 0.05) is 53.1 Å². The highest BCUT2D eigenvalue weighted by atomic mass is 32.2. The van der Waals surface area contributed by atoms with Gasteiger partial charge in [-0.3, -0.25) is 15.0 Å². The Hall–Kier alpha value is -4.61. The first-order valence-corrected chi connectivity index (χ1v) is 16.5. The second-order valence-corrected chi connectivity index (χ2v) is 12.6. The topological polar surface area (TPSA) is 126 Å². The van der Waals surface area contributed by atoms with Gasteiger partial charge in [0.1, 0.15) is 0 Å². The number of benzene rings is 3. The molecule has 3 N–H and O–H groups in total. The molecule has 2 heterocycles. The van der Waals surface area contributed by atoms with Gasteiger partial charge in [0.25, 0.3) is 0 Å². The molecule has 0 aliphatic carbocycles. The van der Waals surface area contributed by atoms with E-state index in [9.17, 15) is 13.2 Å². The van der Waals surface area contributed by atoms with Gasteiger partial charge in [0.2, 0.25) is 15.2 Å². The number of nitrogens with one attached hydrogen (secondary N) is 3. The molecule has 2 amide bonds. The predicted octanol–water partition coefficient (Wildman–Crippen LogP) is 6.32. The number of anilines is 2. The van der Waals surface area contributed by atoms with Crippen molar-refractivity contribution in [1.82, 2.24) is 19.7 Å². The van der Waals surface area contributed by atoms with Gasteiger partial charge < -0.3 is 5.32 Å². The third-order valence-electron chi connectivity index (χ3n) is 6.82. The maximum absolute atomic E-state index is 13.2. The van der Waals surface area contributed by atoms with E-state index in [-0.39, 0.29) is 18.0 Å². The zero-order chi connectivity index (χ0) is 30.1. The molecule has 3 aromatic carbocycles. The van der Waals surface area contributed by atoms with Crippen LogP contribution in [0.3, 0.4) is 0 Å². The third-order valence-corrected chi connectivity index (χ3v) is 8.05. The number of aromatic nitrogens is 3. The molecule has 1 unspecified atom stereocenters. The first-order chi connectivity index (χ1) is 20.8. The van der Waals surface area contributed by atoms with Crippen molar-refractivity contribution in [2.24, 2.45) is 0 Å². The number of nitrogens with zero attached hydrogens (tertiary/aromatic N) is 3. The molecule has 2 aromatic heterocycles. The Bertz CT molecular complexity index is 1680. The van der Waals surface area contributed by atoms with Crippen molar-refractivity contribution in [3.63, 3.8) is 0 Å². The van der Waals surface area contributed by atoms with E-state index in [1.54, 1.807) is 30.5 Å². The van der Waals surface area contributed by atoms with E-state index in [0.29, 0.717) is 28.6 Å². The number of hydrogen-bond donors (Lipinski definition) is 3. The number of carbonyl (C=O) groups excluding carboxylic acids is 1. The summed E-state index contributed by atoms with van der Waals surface area (Å²) in [4.78, 5) is 22.1. The Balaban J connectivity index is 1.27. The molecule has 0 saturated heterocycles. The summed E-state index contributed by atoms with van der Waals surface area (Å²) in [5.74, 6) is 0.619. The molecule has 9 nitrogen and oxygen atoms in total. The minimum Gasteiger partial charge on any atom is -0.335 e. The molecule has 0 aliphatic heterocycles. The van der Waals surface area contributed by atoms with E-state index in [1.807, 2.05) is 30.3 Å². The second kappa shape index (κ2) is 14.0. The lowest BCUT2D eigenvalue weighted by Gasteiger charge is -2.23. The van der Waals surface area contributed by atoms with Gasteiger partial charge in [-0.2, -0.15) is 9.36 Å². The predicted molar refractivity (Wildman–Crippen MR) is 172 cm³/mol. The van der Waals surface area contributed by atoms with Crippen LogP contribution in [0.25, 0.3) is 11.4 Å². The highest BCUT2D eigenvalue weighted by molar-refractivity contribution is 7.92. The molecule has 220 valence electrons. The minimum absolute atomic E-state index is 0.174. The Morgan fingerprint density at radius 1 is 0.837 bits per heavy atom. The summed E-state index contributed by atoms with van der Waals surface area (Å²) < 4.78 is 29.7. The van der Waals surface area contributed by atoms with Gasteiger partial charge in [-0.05, 0) is 60.4 Å². The van der Waals surface area contributed by atoms with Crippen LogP contribution in [0.5, 0.6) is 0 Å². The Morgan fingerprint density at radius 2 is 1.49 bits per heavy atom. The van der Waals surface area contributed by atoms with Gasteiger partial charge in [0.15, 0.2) is 5.82 Å². The number of hydrogen-bond acceptors (Lipinski definition) is 7. The van der Waals surface area contributed by atoms with E-state index in [2.05, 4.69) is 78.2 Å². The lowest BCUT2D eigenvalue weighted by atomic mass is 9.86. The summed E-state index contributed by atoms with van der Waals surface area (Å²) >= 11 is 1.07. The summed E-state index contributed by atoms with van der Waals surface area (Å²) in [7, 11) is -3.37. The SMILES string of the molecule is CS(=O)(=O)Nc1ccc(-c2nsc(NC(=O)NC(CCC(c3ccccc3)c3ccccc3)Cc3ccccn3)n2)cc1. The van der Waals surface area contributed by atoms with Crippen molar-refractivity contribution in [2.75, 3.05) is 16.3 Å². The molecule has 11 heteroatoms.